The molecule has 0 bridgehead atoms. The summed E-state index contributed by atoms with van der Waals surface area (Å²) in [7, 11) is 0. The van der Waals surface area contributed by atoms with Crippen LogP contribution in [0.15, 0.2) is 0 Å². The Kier molecular flexibility index (Phi) is 7.54. The Labute approximate surface area is 123 Å². The number of hydrogen-bond donors (Lipinski definition) is 2. The fraction of sp³-hybridized carbons (Fsp3) is 0.857. The zero-order valence-electron chi connectivity index (χ0n) is 12.2. The van der Waals surface area contributed by atoms with Gasteiger partial charge in [-0.2, -0.15) is 5.26 Å². The highest BCUT2D eigenvalue weighted by atomic mass is 19.3. The molecule has 0 aromatic rings. The van der Waals surface area contributed by atoms with Crippen LogP contribution in [0.2, 0.25) is 0 Å². The number of nitrogens with one attached hydrogen (secondary N) is 1. The molecule has 5 nitrogen and oxygen atoms in total. The second-order valence-corrected chi connectivity index (χ2v) is 5.51. The van der Waals surface area contributed by atoms with E-state index in [-0.39, 0.29) is 19.7 Å². The molecule has 0 aromatic heterocycles. The maximum absolute atomic E-state index is 12.4. The standard InChI is InChI=1S/C14H23F2N3O2/c15-12(16)9-19(7-8-20)10-13(21)18-14(11-17)5-3-1-2-4-6-14/h12,20H,1-10H2,(H,18,21). The summed E-state index contributed by atoms with van der Waals surface area (Å²) in [5, 5.41) is 20.9. The van der Waals surface area contributed by atoms with E-state index in [9.17, 15) is 18.8 Å². The highest BCUT2D eigenvalue weighted by molar-refractivity contribution is 5.79. The summed E-state index contributed by atoms with van der Waals surface area (Å²) in [4.78, 5) is 13.2. The maximum atomic E-state index is 12.4. The van der Waals surface area contributed by atoms with E-state index in [1.54, 1.807) is 0 Å². The van der Waals surface area contributed by atoms with Gasteiger partial charge in [-0.3, -0.25) is 9.69 Å². The fourth-order valence-corrected chi connectivity index (χ4v) is 2.68. The minimum atomic E-state index is -2.56. The monoisotopic (exact) mass is 303 g/mol. The number of aliphatic hydroxyl groups excluding tert-OH is 1. The van der Waals surface area contributed by atoms with Crippen LogP contribution in [0.1, 0.15) is 38.5 Å². The Morgan fingerprint density at radius 3 is 2.43 bits per heavy atom. The van der Waals surface area contributed by atoms with Gasteiger partial charge in [0.1, 0.15) is 5.54 Å². The normalized spacial score (nSPS) is 18.3. The fourth-order valence-electron chi connectivity index (χ4n) is 2.68. The van der Waals surface area contributed by atoms with Crippen LogP contribution >= 0.6 is 0 Å². The van der Waals surface area contributed by atoms with Gasteiger partial charge in [-0.15, -0.1) is 0 Å². The van der Waals surface area contributed by atoms with Crippen LogP contribution in [0.25, 0.3) is 0 Å². The molecule has 0 spiro atoms. The lowest BCUT2D eigenvalue weighted by molar-refractivity contribution is -0.124. The number of alkyl halides is 2. The number of hydrogen-bond acceptors (Lipinski definition) is 4. The van der Waals surface area contributed by atoms with Crippen LogP contribution in [0.4, 0.5) is 8.78 Å². The van der Waals surface area contributed by atoms with E-state index in [2.05, 4.69) is 11.4 Å². The van der Waals surface area contributed by atoms with Crippen molar-refractivity contribution in [3.8, 4) is 6.07 Å². The quantitative estimate of drug-likeness (QED) is 0.695. The minimum Gasteiger partial charge on any atom is -0.395 e. The lowest BCUT2D eigenvalue weighted by atomic mass is 9.92. The second kappa shape index (κ2) is 8.90. The first-order valence-corrected chi connectivity index (χ1v) is 7.35. The third-order valence-electron chi connectivity index (χ3n) is 3.73. The molecular formula is C14H23F2N3O2. The van der Waals surface area contributed by atoms with Crippen molar-refractivity contribution in [2.24, 2.45) is 0 Å². The van der Waals surface area contributed by atoms with Gasteiger partial charge in [0, 0.05) is 6.54 Å². The minimum absolute atomic E-state index is 0.0112. The largest absolute Gasteiger partial charge is 0.395 e. The molecule has 0 unspecified atom stereocenters. The number of carbonyl (C=O) groups is 1. The molecule has 0 aromatic carbocycles. The Bertz CT molecular complexity index is 364. The Hall–Kier alpha value is -1.26. The van der Waals surface area contributed by atoms with Crippen molar-refractivity contribution in [1.82, 2.24) is 10.2 Å². The van der Waals surface area contributed by atoms with Crippen LogP contribution in [0.3, 0.4) is 0 Å². The average Bonchev–Trinajstić information content (AvgIpc) is 2.64. The van der Waals surface area contributed by atoms with Gasteiger partial charge in [-0.1, -0.05) is 25.7 Å². The summed E-state index contributed by atoms with van der Waals surface area (Å²) < 4.78 is 24.8. The third kappa shape index (κ3) is 6.36. The molecule has 1 saturated carbocycles. The molecule has 1 aliphatic rings. The topological polar surface area (TPSA) is 76.4 Å². The van der Waals surface area contributed by atoms with E-state index in [1.807, 2.05) is 0 Å². The molecule has 2 N–H and O–H groups in total. The highest BCUT2D eigenvalue weighted by Gasteiger charge is 2.32. The average molecular weight is 303 g/mol. The van der Waals surface area contributed by atoms with Crippen LogP contribution < -0.4 is 5.32 Å². The zero-order chi connectivity index (χ0) is 15.7. The van der Waals surface area contributed by atoms with Gasteiger partial charge in [0.2, 0.25) is 5.91 Å². The predicted molar refractivity (Wildman–Crippen MR) is 73.7 cm³/mol. The molecule has 120 valence electrons. The molecule has 0 radical (unpaired) electrons. The first-order chi connectivity index (χ1) is 10.0. The number of amides is 1. The van der Waals surface area contributed by atoms with Crippen LogP contribution in [-0.4, -0.2) is 54.1 Å². The number of nitriles is 1. The van der Waals surface area contributed by atoms with Gasteiger partial charge in [0.05, 0.1) is 25.8 Å². The van der Waals surface area contributed by atoms with Crippen molar-refractivity contribution in [1.29, 1.82) is 5.26 Å². The Morgan fingerprint density at radius 2 is 1.95 bits per heavy atom. The van der Waals surface area contributed by atoms with Crippen LogP contribution in [0, 0.1) is 11.3 Å². The second-order valence-electron chi connectivity index (χ2n) is 5.51. The summed E-state index contributed by atoms with van der Waals surface area (Å²) in [6.45, 7) is -1.07. The molecule has 0 atom stereocenters. The first kappa shape index (κ1) is 17.8. The van der Waals surface area contributed by atoms with Crippen molar-refractivity contribution < 1.29 is 18.7 Å². The van der Waals surface area contributed by atoms with Crippen molar-refractivity contribution in [2.75, 3.05) is 26.2 Å². The van der Waals surface area contributed by atoms with Gasteiger partial charge in [0.15, 0.2) is 0 Å². The van der Waals surface area contributed by atoms with Gasteiger partial charge in [0.25, 0.3) is 6.43 Å². The smallest absolute Gasteiger partial charge is 0.251 e. The van der Waals surface area contributed by atoms with E-state index >= 15 is 0 Å². The van der Waals surface area contributed by atoms with Crippen LogP contribution in [-0.2, 0) is 4.79 Å². The first-order valence-electron chi connectivity index (χ1n) is 7.35. The molecule has 1 aliphatic carbocycles. The predicted octanol–water partition coefficient (Wildman–Crippen LogP) is 1.28. The summed E-state index contributed by atoms with van der Waals surface area (Å²) in [5.41, 5.74) is -0.872. The number of halogens is 2. The number of aliphatic hydroxyl groups is 1. The van der Waals surface area contributed by atoms with Gasteiger partial charge in [-0.05, 0) is 12.8 Å². The molecule has 7 heteroatoms. The summed E-state index contributed by atoms with van der Waals surface area (Å²) in [5.74, 6) is -0.437. The van der Waals surface area contributed by atoms with E-state index in [1.165, 1.54) is 4.90 Å². The molecule has 1 amide bonds. The summed E-state index contributed by atoms with van der Waals surface area (Å²) >= 11 is 0. The summed E-state index contributed by atoms with van der Waals surface area (Å²) in [6, 6.07) is 2.19. The van der Waals surface area contributed by atoms with Crippen molar-refractivity contribution >= 4 is 5.91 Å². The molecule has 0 aliphatic heterocycles. The summed E-state index contributed by atoms with van der Waals surface area (Å²) in [6.07, 6.45) is 2.49. The van der Waals surface area contributed by atoms with Crippen molar-refractivity contribution in [3.63, 3.8) is 0 Å². The number of rotatable bonds is 7. The van der Waals surface area contributed by atoms with Crippen molar-refractivity contribution in [3.05, 3.63) is 0 Å². The molecular weight excluding hydrogens is 280 g/mol. The Balaban J connectivity index is 2.58. The third-order valence-corrected chi connectivity index (χ3v) is 3.73. The molecule has 0 saturated heterocycles. The van der Waals surface area contributed by atoms with Crippen LogP contribution in [0.5, 0.6) is 0 Å². The van der Waals surface area contributed by atoms with Gasteiger partial charge < -0.3 is 10.4 Å². The Morgan fingerprint density at radius 1 is 1.33 bits per heavy atom. The van der Waals surface area contributed by atoms with E-state index in [0.29, 0.717) is 12.8 Å². The lowest BCUT2D eigenvalue weighted by Gasteiger charge is -2.28. The van der Waals surface area contributed by atoms with Gasteiger partial charge >= 0.3 is 0 Å². The molecule has 1 rings (SSSR count). The van der Waals surface area contributed by atoms with E-state index in [0.717, 1.165) is 25.7 Å². The van der Waals surface area contributed by atoms with E-state index in [4.69, 9.17) is 5.11 Å². The highest BCUT2D eigenvalue weighted by Crippen LogP contribution is 2.26. The number of nitrogens with zero attached hydrogens (tertiary/aromatic N) is 2. The molecule has 21 heavy (non-hydrogen) atoms. The number of carbonyl (C=O) groups excluding carboxylic acids is 1. The maximum Gasteiger partial charge on any atom is 0.251 e. The van der Waals surface area contributed by atoms with Crippen molar-refractivity contribution in [2.45, 2.75) is 50.5 Å². The van der Waals surface area contributed by atoms with Gasteiger partial charge in [-0.25, -0.2) is 8.78 Å². The molecule has 0 heterocycles. The SMILES string of the molecule is N#CC1(NC(=O)CN(CCO)CC(F)F)CCCCCC1. The van der Waals surface area contributed by atoms with E-state index < -0.39 is 24.4 Å². The zero-order valence-corrected chi connectivity index (χ0v) is 12.2. The lowest BCUT2D eigenvalue weighted by Crippen LogP contribution is -2.51. The molecule has 1 fully saturated rings.